The predicted octanol–water partition coefficient (Wildman–Crippen LogP) is 2.21. The zero-order chi connectivity index (χ0) is 15.0. The summed E-state index contributed by atoms with van der Waals surface area (Å²) in [5, 5.41) is 0. The van der Waals surface area contributed by atoms with E-state index in [9.17, 15) is 4.79 Å². The zero-order valence-corrected chi connectivity index (χ0v) is 12.8. The monoisotopic (exact) mass is 298 g/mol. The Balaban J connectivity index is 2.51. The fourth-order valence-electron chi connectivity index (χ4n) is 1.69. The molecule has 0 aliphatic heterocycles. The number of carbonyl (C=O) groups is 1. The lowest BCUT2D eigenvalue weighted by Gasteiger charge is -2.21. The van der Waals surface area contributed by atoms with Gasteiger partial charge in [0.15, 0.2) is 5.76 Å². The second-order valence-electron chi connectivity index (χ2n) is 4.76. The molecule has 0 atom stereocenters. The minimum Gasteiger partial charge on any atom is -0.459 e. The van der Waals surface area contributed by atoms with E-state index in [-0.39, 0.29) is 12.0 Å². The highest BCUT2D eigenvalue weighted by atomic mass is 32.1. The summed E-state index contributed by atoms with van der Waals surface area (Å²) in [5.74, 6) is 0.188. The highest BCUT2D eigenvalue weighted by molar-refractivity contribution is 7.80. The van der Waals surface area contributed by atoms with Gasteiger partial charge in [-0.15, -0.1) is 0 Å². The quantitative estimate of drug-likeness (QED) is 0.559. The normalized spacial score (nSPS) is 10.8. The molecule has 0 spiro atoms. The van der Waals surface area contributed by atoms with Gasteiger partial charge in [0.05, 0.1) is 17.4 Å². The van der Waals surface area contributed by atoms with E-state index in [1.807, 2.05) is 13.8 Å². The van der Waals surface area contributed by atoms with Crippen LogP contribution in [0.5, 0.6) is 0 Å². The largest absolute Gasteiger partial charge is 0.459 e. The van der Waals surface area contributed by atoms with Gasteiger partial charge in [-0.2, -0.15) is 0 Å². The average molecular weight is 298 g/mol. The Kier molecular flexibility index (Phi) is 7.25. The van der Waals surface area contributed by atoms with Crippen molar-refractivity contribution in [2.45, 2.75) is 32.8 Å². The summed E-state index contributed by atoms with van der Waals surface area (Å²) in [7, 11) is 0. The lowest BCUT2D eigenvalue weighted by Crippen LogP contribution is -2.35. The fraction of sp³-hybridized carbons (Fsp3) is 0.571. The molecular formula is C14H22N2O3S. The molecule has 0 bridgehead atoms. The van der Waals surface area contributed by atoms with E-state index in [1.54, 1.807) is 17.0 Å². The molecule has 0 unspecified atom stereocenters. The topological polar surface area (TPSA) is 68.7 Å². The molecule has 20 heavy (non-hydrogen) atoms. The van der Waals surface area contributed by atoms with Crippen molar-refractivity contribution < 1.29 is 13.9 Å². The van der Waals surface area contributed by atoms with E-state index in [4.69, 9.17) is 27.1 Å². The predicted molar refractivity (Wildman–Crippen MR) is 81.7 cm³/mol. The van der Waals surface area contributed by atoms with Gasteiger partial charge in [0.2, 0.25) is 0 Å². The van der Waals surface area contributed by atoms with Crippen LogP contribution in [0.25, 0.3) is 0 Å². The first-order valence-electron chi connectivity index (χ1n) is 6.73. The van der Waals surface area contributed by atoms with Gasteiger partial charge in [-0.3, -0.25) is 4.79 Å². The average Bonchev–Trinajstić information content (AvgIpc) is 2.90. The third-order valence-electron chi connectivity index (χ3n) is 2.67. The number of nitrogens with two attached hydrogens (primary N) is 1. The maximum atomic E-state index is 12.3. The van der Waals surface area contributed by atoms with Crippen molar-refractivity contribution in [1.82, 2.24) is 4.90 Å². The summed E-state index contributed by atoms with van der Waals surface area (Å²) in [5.41, 5.74) is 5.50. The van der Waals surface area contributed by atoms with Crippen LogP contribution in [-0.2, 0) is 4.74 Å². The SMILES string of the molecule is CC(C)OCCCN(CCC(N)=S)C(=O)c1ccco1. The highest BCUT2D eigenvalue weighted by Gasteiger charge is 2.17. The molecule has 1 aromatic rings. The van der Waals surface area contributed by atoms with Crippen LogP contribution in [0.1, 0.15) is 37.2 Å². The minimum absolute atomic E-state index is 0.143. The van der Waals surface area contributed by atoms with Gasteiger partial charge in [0.1, 0.15) is 0 Å². The Morgan fingerprint density at radius 3 is 2.80 bits per heavy atom. The van der Waals surface area contributed by atoms with Crippen LogP contribution in [0, 0.1) is 0 Å². The van der Waals surface area contributed by atoms with Crippen LogP contribution >= 0.6 is 12.2 Å². The van der Waals surface area contributed by atoms with Crippen LogP contribution in [-0.4, -0.2) is 41.6 Å². The lowest BCUT2D eigenvalue weighted by atomic mass is 10.3. The number of carbonyl (C=O) groups excluding carboxylic acids is 1. The van der Waals surface area contributed by atoms with Crippen LogP contribution in [0.4, 0.5) is 0 Å². The standard InChI is InChI=1S/C14H22N2O3S/c1-11(2)18-10-4-7-16(8-6-13(15)20)14(17)12-5-3-9-19-12/h3,5,9,11H,4,6-8,10H2,1-2H3,(H2,15,20). The molecule has 0 fully saturated rings. The van der Waals surface area contributed by atoms with Crippen molar-refractivity contribution >= 4 is 23.1 Å². The van der Waals surface area contributed by atoms with E-state index in [2.05, 4.69) is 0 Å². The first-order valence-corrected chi connectivity index (χ1v) is 7.14. The zero-order valence-electron chi connectivity index (χ0n) is 12.0. The molecule has 5 nitrogen and oxygen atoms in total. The molecule has 1 aromatic heterocycles. The summed E-state index contributed by atoms with van der Waals surface area (Å²) in [6, 6.07) is 3.35. The van der Waals surface area contributed by atoms with Gasteiger partial charge in [-0.05, 0) is 32.4 Å². The molecule has 0 saturated carbocycles. The third kappa shape index (κ3) is 6.16. The van der Waals surface area contributed by atoms with Crippen LogP contribution in [0.2, 0.25) is 0 Å². The maximum absolute atomic E-state index is 12.3. The molecule has 112 valence electrons. The van der Waals surface area contributed by atoms with Crippen LogP contribution < -0.4 is 5.73 Å². The Hall–Kier alpha value is -1.40. The number of rotatable bonds is 9. The van der Waals surface area contributed by atoms with Crippen LogP contribution in [0.3, 0.4) is 0 Å². The summed E-state index contributed by atoms with van der Waals surface area (Å²) in [4.78, 5) is 14.4. The van der Waals surface area contributed by atoms with Gasteiger partial charge >= 0.3 is 0 Å². The molecule has 1 amide bonds. The van der Waals surface area contributed by atoms with Gasteiger partial charge < -0.3 is 19.8 Å². The summed E-state index contributed by atoms with van der Waals surface area (Å²) < 4.78 is 10.6. The van der Waals surface area contributed by atoms with Crippen molar-refractivity contribution in [3.05, 3.63) is 24.2 Å². The van der Waals surface area contributed by atoms with Crippen molar-refractivity contribution in [2.75, 3.05) is 19.7 Å². The molecule has 0 aliphatic rings. The lowest BCUT2D eigenvalue weighted by molar-refractivity contribution is 0.0603. The third-order valence-corrected chi connectivity index (χ3v) is 2.87. The fourth-order valence-corrected chi connectivity index (χ4v) is 1.78. The number of furan rings is 1. The molecule has 1 rings (SSSR count). The van der Waals surface area contributed by atoms with Gasteiger partial charge in [-0.25, -0.2) is 0 Å². The van der Waals surface area contributed by atoms with Gasteiger partial charge in [-0.1, -0.05) is 12.2 Å². The van der Waals surface area contributed by atoms with E-state index in [0.717, 1.165) is 6.42 Å². The van der Waals surface area contributed by atoms with Crippen molar-refractivity contribution in [3.63, 3.8) is 0 Å². The summed E-state index contributed by atoms with van der Waals surface area (Å²) in [6.07, 6.45) is 2.95. The number of nitrogens with zero attached hydrogens (tertiary/aromatic N) is 1. The number of ether oxygens (including phenoxy) is 1. The summed E-state index contributed by atoms with van der Waals surface area (Å²) >= 11 is 4.86. The Morgan fingerprint density at radius 2 is 2.25 bits per heavy atom. The second-order valence-corrected chi connectivity index (χ2v) is 5.28. The van der Waals surface area contributed by atoms with E-state index in [0.29, 0.717) is 36.9 Å². The molecule has 0 aliphatic carbocycles. The van der Waals surface area contributed by atoms with Gasteiger partial charge in [0, 0.05) is 26.1 Å². The molecule has 0 aromatic carbocycles. The first kappa shape index (κ1) is 16.7. The number of hydrogen-bond donors (Lipinski definition) is 1. The molecule has 6 heteroatoms. The minimum atomic E-state index is -0.143. The number of hydrogen-bond acceptors (Lipinski definition) is 4. The molecule has 0 radical (unpaired) electrons. The molecule has 2 N–H and O–H groups in total. The molecular weight excluding hydrogens is 276 g/mol. The molecule has 0 saturated heterocycles. The van der Waals surface area contributed by atoms with Crippen molar-refractivity contribution in [3.8, 4) is 0 Å². The Bertz CT molecular complexity index is 418. The van der Waals surface area contributed by atoms with E-state index >= 15 is 0 Å². The van der Waals surface area contributed by atoms with E-state index in [1.165, 1.54) is 6.26 Å². The number of amides is 1. The Morgan fingerprint density at radius 1 is 1.50 bits per heavy atom. The van der Waals surface area contributed by atoms with Crippen molar-refractivity contribution in [2.24, 2.45) is 5.73 Å². The summed E-state index contributed by atoms with van der Waals surface area (Å²) in [6.45, 7) is 5.68. The van der Waals surface area contributed by atoms with Crippen LogP contribution in [0.15, 0.2) is 22.8 Å². The maximum Gasteiger partial charge on any atom is 0.289 e. The second kappa shape index (κ2) is 8.71. The molecule has 1 heterocycles. The van der Waals surface area contributed by atoms with Gasteiger partial charge in [0.25, 0.3) is 5.91 Å². The van der Waals surface area contributed by atoms with Crippen molar-refractivity contribution in [1.29, 1.82) is 0 Å². The Labute approximate surface area is 125 Å². The smallest absolute Gasteiger partial charge is 0.289 e. The first-order chi connectivity index (χ1) is 9.50. The number of thiocarbonyl (C=S) groups is 1. The highest BCUT2D eigenvalue weighted by Crippen LogP contribution is 2.07. The van der Waals surface area contributed by atoms with E-state index < -0.39 is 0 Å².